The van der Waals surface area contributed by atoms with Crippen LogP contribution in [0.25, 0.3) is 0 Å². The van der Waals surface area contributed by atoms with Crippen molar-refractivity contribution in [1.82, 2.24) is 4.90 Å². The molecule has 15 heavy (non-hydrogen) atoms. The van der Waals surface area contributed by atoms with Crippen molar-refractivity contribution in [2.45, 2.75) is 38.0 Å². The average Bonchev–Trinajstić information content (AvgIpc) is 2.12. The first kappa shape index (κ1) is 11.3. The summed E-state index contributed by atoms with van der Waals surface area (Å²) in [5.74, 6) is 0. The Balaban J connectivity index is 1.79. The van der Waals surface area contributed by atoms with Gasteiger partial charge in [0.05, 0.1) is 24.9 Å². The minimum atomic E-state index is -0.133. The molecular weight excluding hydrogens is 192 g/mol. The molecule has 2 unspecified atom stereocenters. The number of likely N-dealkylation sites (tertiary alicyclic amines) is 1. The monoisotopic (exact) mass is 214 g/mol. The van der Waals surface area contributed by atoms with Crippen molar-refractivity contribution in [3.05, 3.63) is 0 Å². The van der Waals surface area contributed by atoms with Crippen LogP contribution < -0.4 is 5.73 Å². The van der Waals surface area contributed by atoms with Crippen LogP contribution in [0, 0.1) is 0 Å². The van der Waals surface area contributed by atoms with Crippen molar-refractivity contribution in [2.24, 2.45) is 5.73 Å². The maximum Gasteiger partial charge on any atom is 0.0943 e. The Morgan fingerprint density at radius 1 is 1.47 bits per heavy atom. The summed E-state index contributed by atoms with van der Waals surface area (Å²) < 4.78 is 11.5. The lowest BCUT2D eigenvalue weighted by molar-refractivity contribution is -0.191. The van der Waals surface area contributed by atoms with Gasteiger partial charge in [-0.1, -0.05) is 0 Å². The third kappa shape index (κ3) is 2.69. The van der Waals surface area contributed by atoms with E-state index >= 15 is 0 Å². The highest BCUT2D eigenvalue weighted by atomic mass is 16.6. The van der Waals surface area contributed by atoms with E-state index in [0.29, 0.717) is 12.6 Å². The van der Waals surface area contributed by atoms with Gasteiger partial charge in [0.15, 0.2) is 0 Å². The molecule has 0 aliphatic carbocycles. The van der Waals surface area contributed by atoms with Gasteiger partial charge in [-0.3, -0.25) is 4.90 Å². The normalized spacial score (nSPS) is 36.2. The fourth-order valence-corrected chi connectivity index (χ4v) is 2.31. The smallest absolute Gasteiger partial charge is 0.0943 e. The molecule has 0 radical (unpaired) electrons. The van der Waals surface area contributed by atoms with Gasteiger partial charge in [-0.15, -0.1) is 0 Å². The zero-order valence-electron chi connectivity index (χ0n) is 9.74. The molecule has 0 bridgehead atoms. The SMILES string of the molecule is CC1(C)COCC(CN2CCC2CN)O1. The van der Waals surface area contributed by atoms with E-state index in [1.807, 2.05) is 0 Å². The Kier molecular flexibility index (Phi) is 3.30. The van der Waals surface area contributed by atoms with Gasteiger partial charge in [-0.2, -0.15) is 0 Å². The predicted octanol–water partition coefficient (Wildman–Crippen LogP) is 0.213. The molecule has 2 aliphatic heterocycles. The Morgan fingerprint density at radius 2 is 2.27 bits per heavy atom. The summed E-state index contributed by atoms with van der Waals surface area (Å²) in [6.45, 7) is 8.46. The summed E-state index contributed by atoms with van der Waals surface area (Å²) in [4.78, 5) is 2.40. The fraction of sp³-hybridized carbons (Fsp3) is 1.00. The second kappa shape index (κ2) is 4.37. The number of hydrogen-bond acceptors (Lipinski definition) is 4. The molecular formula is C11H22N2O2. The molecule has 0 aromatic carbocycles. The lowest BCUT2D eigenvalue weighted by Crippen LogP contribution is -2.57. The molecule has 0 aromatic heterocycles. The Morgan fingerprint density at radius 3 is 2.80 bits per heavy atom. The summed E-state index contributed by atoms with van der Waals surface area (Å²) in [6.07, 6.45) is 1.44. The molecule has 2 rings (SSSR count). The molecule has 4 nitrogen and oxygen atoms in total. The number of ether oxygens (including phenoxy) is 2. The van der Waals surface area contributed by atoms with Gasteiger partial charge >= 0.3 is 0 Å². The lowest BCUT2D eigenvalue weighted by atomic mass is 10.0. The summed E-state index contributed by atoms with van der Waals surface area (Å²) in [5.41, 5.74) is 5.54. The molecule has 0 aromatic rings. The molecule has 88 valence electrons. The van der Waals surface area contributed by atoms with Crippen molar-refractivity contribution in [2.75, 3.05) is 32.8 Å². The molecule has 0 spiro atoms. The van der Waals surface area contributed by atoms with Crippen LogP contribution in [0.2, 0.25) is 0 Å². The minimum Gasteiger partial charge on any atom is -0.376 e. The minimum absolute atomic E-state index is 0.133. The molecule has 2 saturated heterocycles. The molecule has 2 atom stereocenters. The van der Waals surface area contributed by atoms with Crippen LogP contribution in [0.1, 0.15) is 20.3 Å². The topological polar surface area (TPSA) is 47.7 Å². The molecule has 2 N–H and O–H groups in total. The van der Waals surface area contributed by atoms with E-state index in [2.05, 4.69) is 18.7 Å². The van der Waals surface area contributed by atoms with E-state index in [-0.39, 0.29) is 11.7 Å². The van der Waals surface area contributed by atoms with E-state index in [0.717, 1.165) is 26.2 Å². The maximum absolute atomic E-state index is 5.97. The van der Waals surface area contributed by atoms with Crippen LogP contribution in [0.15, 0.2) is 0 Å². The molecule has 2 aliphatic rings. The average molecular weight is 214 g/mol. The Labute approximate surface area is 91.7 Å². The molecule has 4 heteroatoms. The standard InChI is InChI=1S/C11H22N2O2/c1-11(2)8-14-7-10(15-11)6-13-4-3-9(13)5-12/h9-10H,3-8,12H2,1-2H3. The Bertz CT molecular complexity index is 219. The summed E-state index contributed by atoms with van der Waals surface area (Å²) in [5, 5.41) is 0. The highest BCUT2D eigenvalue weighted by molar-refractivity contribution is 4.87. The zero-order valence-corrected chi connectivity index (χ0v) is 9.74. The maximum atomic E-state index is 5.97. The van der Waals surface area contributed by atoms with Gasteiger partial charge in [0.25, 0.3) is 0 Å². The lowest BCUT2D eigenvalue weighted by Gasteiger charge is -2.44. The molecule has 0 amide bonds. The third-order valence-corrected chi connectivity index (χ3v) is 3.22. The molecule has 2 fully saturated rings. The summed E-state index contributed by atoms with van der Waals surface area (Å²) in [6, 6.07) is 0.568. The van der Waals surface area contributed by atoms with Crippen molar-refractivity contribution in [1.29, 1.82) is 0 Å². The Hall–Kier alpha value is -0.160. The van der Waals surface area contributed by atoms with Gasteiger partial charge in [0.1, 0.15) is 0 Å². The third-order valence-electron chi connectivity index (χ3n) is 3.22. The summed E-state index contributed by atoms with van der Waals surface area (Å²) >= 11 is 0. The van der Waals surface area contributed by atoms with E-state index in [9.17, 15) is 0 Å². The molecule has 0 saturated carbocycles. The highest BCUT2D eigenvalue weighted by Gasteiger charge is 2.34. The van der Waals surface area contributed by atoms with Crippen molar-refractivity contribution in [3.8, 4) is 0 Å². The van der Waals surface area contributed by atoms with E-state index in [1.165, 1.54) is 6.42 Å². The van der Waals surface area contributed by atoms with Crippen LogP contribution in [-0.4, -0.2) is 55.5 Å². The largest absolute Gasteiger partial charge is 0.376 e. The fourth-order valence-electron chi connectivity index (χ4n) is 2.31. The van der Waals surface area contributed by atoms with Crippen LogP contribution in [0.5, 0.6) is 0 Å². The van der Waals surface area contributed by atoms with Crippen LogP contribution in [-0.2, 0) is 9.47 Å². The highest BCUT2D eigenvalue weighted by Crippen LogP contribution is 2.22. The first-order valence-corrected chi connectivity index (χ1v) is 5.80. The van der Waals surface area contributed by atoms with Gasteiger partial charge < -0.3 is 15.2 Å². The van der Waals surface area contributed by atoms with Crippen molar-refractivity contribution < 1.29 is 9.47 Å². The first-order valence-electron chi connectivity index (χ1n) is 5.80. The van der Waals surface area contributed by atoms with Crippen LogP contribution in [0.3, 0.4) is 0 Å². The van der Waals surface area contributed by atoms with Crippen LogP contribution in [0.4, 0.5) is 0 Å². The van der Waals surface area contributed by atoms with Gasteiger partial charge in [0, 0.05) is 25.7 Å². The van der Waals surface area contributed by atoms with E-state index < -0.39 is 0 Å². The number of nitrogens with two attached hydrogens (primary N) is 1. The van der Waals surface area contributed by atoms with E-state index in [1.54, 1.807) is 0 Å². The number of rotatable bonds is 3. The van der Waals surface area contributed by atoms with Gasteiger partial charge in [-0.05, 0) is 20.3 Å². The van der Waals surface area contributed by atoms with Gasteiger partial charge in [-0.25, -0.2) is 0 Å². The molecule has 2 heterocycles. The van der Waals surface area contributed by atoms with Crippen LogP contribution >= 0.6 is 0 Å². The quantitative estimate of drug-likeness (QED) is 0.730. The van der Waals surface area contributed by atoms with E-state index in [4.69, 9.17) is 15.2 Å². The zero-order chi connectivity index (χ0) is 10.9. The summed E-state index contributed by atoms with van der Waals surface area (Å²) in [7, 11) is 0. The number of nitrogens with zero attached hydrogens (tertiary/aromatic N) is 1. The number of hydrogen-bond donors (Lipinski definition) is 1. The first-order chi connectivity index (χ1) is 7.11. The van der Waals surface area contributed by atoms with Crippen molar-refractivity contribution >= 4 is 0 Å². The van der Waals surface area contributed by atoms with Gasteiger partial charge in [0.2, 0.25) is 0 Å². The second-order valence-corrected chi connectivity index (χ2v) is 5.19. The van der Waals surface area contributed by atoms with Crippen molar-refractivity contribution in [3.63, 3.8) is 0 Å². The predicted molar refractivity (Wildman–Crippen MR) is 58.8 cm³/mol. The second-order valence-electron chi connectivity index (χ2n) is 5.19.